The van der Waals surface area contributed by atoms with E-state index in [2.05, 4.69) is 31.7 Å². The molecule has 118 valence electrons. The van der Waals surface area contributed by atoms with Gasteiger partial charge in [-0.05, 0) is 60.4 Å². The highest BCUT2D eigenvalue weighted by Crippen LogP contribution is 2.34. The lowest BCUT2D eigenvalue weighted by Crippen LogP contribution is -2.15. The van der Waals surface area contributed by atoms with Crippen LogP contribution in [0, 0.1) is 6.92 Å². The zero-order chi connectivity index (χ0) is 16.4. The van der Waals surface area contributed by atoms with Crippen LogP contribution in [0.25, 0.3) is 0 Å². The molecule has 0 radical (unpaired) electrons. The molecular formula is C20H21NO2. The molecule has 1 unspecified atom stereocenters. The third-order valence-electron chi connectivity index (χ3n) is 4.33. The molecule has 1 heterocycles. The zero-order valence-electron chi connectivity index (χ0n) is 13.8. The summed E-state index contributed by atoms with van der Waals surface area (Å²) in [5, 5.41) is 0. The Morgan fingerprint density at radius 1 is 1.09 bits per heavy atom. The summed E-state index contributed by atoms with van der Waals surface area (Å²) in [5.41, 5.74) is 5.73. The van der Waals surface area contributed by atoms with Crippen LogP contribution < -0.4 is 9.47 Å². The van der Waals surface area contributed by atoms with Crippen LogP contribution in [0.15, 0.2) is 54.0 Å². The fourth-order valence-electron chi connectivity index (χ4n) is 3.08. The van der Waals surface area contributed by atoms with E-state index in [0.717, 1.165) is 29.2 Å². The summed E-state index contributed by atoms with van der Waals surface area (Å²) in [4.78, 5) is 4.91. The van der Waals surface area contributed by atoms with Crippen molar-refractivity contribution in [3.8, 4) is 11.5 Å². The average Bonchev–Trinajstić information content (AvgIpc) is 2.60. The summed E-state index contributed by atoms with van der Waals surface area (Å²) in [6, 6.07) is 12.4. The third kappa shape index (κ3) is 2.87. The highest BCUT2D eigenvalue weighted by Gasteiger charge is 2.22. The fourth-order valence-corrected chi connectivity index (χ4v) is 3.08. The average molecular weight is 307 g/mol. The van der Waals surface area contributed by atoms with E-state index in [4.69, 9.17) is 14.5 Å². The van der Waals surface area contributed by atoms with Crippen molar-refractivity contribution in [2.24, 2.45) is 4.99 Å². The number of methoxy groups -OCH3 is 2. The van der Waals surface area contributed by atoms with Gasteiger partial charge in [-0.15, -0.1) is 0 Å². The minimum Gasteiger partial charge on any atom is -0.497 e. The van der Waals surface area contributed by atoms with Crippen molar-refractivity contribution in [1.82, 2.24) is 0 Å². The van der Waals surface area contributed by atoms with Crippen LogP contribution in [0.3, 0.4) is 0 Å². The Bertz CT molecular complexity index is 777. The van der Waals surface area contributed by atoms with Gasteiger partial charge in [0, 0.05) is 5.56 Å². The van der Waals surface area contributed by atoms with E-state index in [-0.39, 0.29) is 6.04 Å². The van der Waals surface area contributed by atoms with Gasteiger partial charge >= 0.3 is 0 Å². The minimum absolute atomic E-state index is 0.106. The first-order chi connectivity index (χ1) is 11.2. The molecule has 0 aliphatic carbocycles. The highest BCUT2D eigenvalue weighted by atomic mass is 16.5. The van der Waals surface area contributed by atoms with Crippen molar-refractivity contribution >= 4 is 5.71 Å². The molecule has 23 heavy (non-hydrogen) atoms. The fraction of sp³-hybridized carbons (Fsp3) is 0.250. The molecule has 0 saturated heterocycles. The predicted molar refractivity (Wildman–Crippen MR) is 93.9 cm³/mol. The maximum atomic E-state index is 5.33. The number of benzene rings is 2. The van der Waals surface area contributed by atoms with Crippen molar-refractivity contribution in [2.45, 2.75) is 19.4 Å². The van der Waals surface area contributed by atoms with Crippen molar-refractivity contribution in [3.63, 3.8) is 0 Å². The Hall–Kier alpha value is -2.55. The van der Waals surface area contributed by atoms with Gasteiger partial charge in [-0.3, -0.25) is 4.99 Å². The molecule has 3 heteroatoms. The quantitative estimate of drug-likeness (QED) is 0.844. The van der Waals surface area contributed by atoms with Crippen molar-refractivity contribution in [3.05, 3.63) is 71.3 Å². The summed E-state index contributed by atoms with van der Waals surface area (Å²) in [6.07, 6.45) is 2.70. The summed E-state index contributed by atoms with van der Waals surface area (Å²) in [7, 11) is 3.37. The summed E-state index contributed by atoms with van der Waals surface area (Å²) >= 11 is 0. The van der Waals surface area contributed by atoms with E-state index in [1.165, 1.54) is 16.7 Å². The molecule has 1 aliphatic heterocycles. The van der Waals surface area contributed by atoms with Crippen molar-refractivity contribution < 1.29 is 9.47 Å². The lowest BCUT2D eigenvalue weighted by Gasteiger charge is -2.24. The molecule has 2 aromatic rings. The van der Waals surface area contributed by atoms with Gasteiger partial charge in [-0.25, -0.2) is 0 Å². The normalized spacial score (nSPS) is 16.3. The minimum atomic E-state index is 0.106. The van der Waals surface area contributed by atoms with Crippen LogP contribution in [0.5, 0.6) is 11.5 Å². The number of hydrogen-bond acceptors (Lipinski definition) is 3. The maximum absolute atomic E-state index is 5.33. The number of rotatable bonds is 4. The van der Waals surface area contributed by atoms with Gasteiger partial charge in [0.05, 0.1) is 26.0 Å². The zero-order valence-corrected chi connectivity index (χ0v) is 13.8. The smallest absolute Gasteiger partial charge is 0.119 e. The predicted octanol–water partition coefficient (Wildman–Crippen LogP) is 4.28. The lowest BCUT2D eigenvalue weighted by atomic mass is 9.88. The second-order valence-corrected chi connectivity index (χ2v) is 5.68. The monoisotopic (exact) mass is 307 g/mol. The SMILES string of the molecule is C=CC1=NC(c2ccc(OC)cc2C)Cc2ccc(OC)cc21. The molecule has 2 aromatic carbocycles. The number of fused-ring (bicyclic) bond motifs is 1. The Kier molecular flexibility index (Phi) is 4.20. The van der Waals surface area contributed by atoms with Crippen LogP contribution in [0.4, 0.5) is 0 Å². The van der Waals surface area contributed by atoms with Gasteiger partial charge in [0.15, 0.2) is 0 Å². The number of aryl methyl sites for hydroxylation is 1. The van der Waals surface area contributed by atoms with Crippen LogP contribution in [0.1, 0.15) is 28.3 Å². The molecule has 0 spiro atoms. The van der Waals surface area contributed by atoms with Gasteiger partial charge in [-0.2, -0.15) is 0 Å². The van der Waals surface area contributed by atoms with Gasteiger partial charge in [0.2, 0.25) is 0 Å². The second-order valence-electron chi connectivity index (χ2n) is 5.68. The highest BCUT2D eigenvalue weighted by molar-refractivity contribution is 6.10. The number of hydrogen-bond donors (Lipinski definition) is 0. The lowest BCUT2D eigenvalue weighted by molar-refractivity contribution is 0.414. The van der Waals surface area contributed by atoms with E-state index < -0.39 is 0 Å². The maximum Gasteiger partial charge on any atom is 0.119 e. The number of allylic oxidation sites excluding steroid dienone is 1. The number of nitrogens with zero attached hydrogens (tertiary/aromatic N) is 1. The van der Waals surface area contributed by atoms with E-state index in [1.807, 2.05) is 24.3 Å². The first-order valence-corrected chi connectivity index (χ1v) is 7.68. The standard InChI is InChI=1S/C20H21NO2/c1-5-19-18-12-16(23-4)7-6-14(18)11-20(21-19)17-9-8-15(22-3)10-13(17)2/h5-10,12,20H,1,11H2,2-4H3. The topological polar surface area (TPSA) is 30.8 Å². The molecule has 0 amide bonds. The Balaban J connectivity index is 2.03. The molecule has 0 saturated carbocycles. The van der Waals surface area contributed by atoms with E-state index >= 15 is 0 Å². The summed E-state index contributed by atoms with van der Waals surface area (Å²) in [6.45, 7) is 6.03. The molecule has 0 bridgehead atoms. The number of aliphatic imine (C=N–C) groups is 1. The van der Waals surface area contributed by atoms with E-state index in [0.29, 0.717) is 0 Å². The second kappa shape index (κ2) is 6.29. The van der Waals surface area contributed by atoms with Crippen molar-refractivity contribution in [1.29, 1.82) is 0 Å². The van der Waals surface area contributed by atoms with Gasteiger partial charge in [0.25, 0.3) is 0 Å². The first kappa shape index (κ1) is 15.3. The van der Waals surface area contributed by atoms with Crippen LogP contribution in [0.2, 0.25) is 0 Å². The van der Waals surface area contributed by atoms with Crippen LogP contribution in [-0.4, -0.2) is 19.9 Å². The Morgan fingerprint density at radius 3 is 2.43 bits per heavy atom. The Labute approximate surface area is 137 Å². The van der Waals surface area contributed by atoms with Crippen LogP contribution >= 0.6 is 0 Å². The first-order valence-electron chi connectivity index (χ1n) is 7.68. The van der Waals surface area contributed by atoms with Gasteiger partial charge in [-0.1, -0.05) is 18.7 Å². The molecule has 0 aromatic heterocycles. The molecule has 1 atom stereocenters. The largest absolute Gasteiger partial charge is 0.497 e. The Morgan fingerprint density at radius 2 is 1.78 bits per heavy atom. The molecular weight excluding hydrogens is 286 g/mol. The van der Waals surface area contributed by atoms with Gasteiger partial charge in [0.1, 0.15) is 11.5 Å². The number of ether oxygens (including phenoxy) is 2. The molecule has 0 fully saturated rings. The summed E-state index contributed by atoms with van der Waals surface area (Å²) in [5.74, 6) is 1.72. The summed E-state index contributed by atoms with van der Waals surface area (Å²) < 4.78 is 10.6. The molecule has 0 N–H and O–H groups in total. The van der Waals surface area contributed by atoms with E-state index in [9.17, 15) is 0 Å². The van der Waals surface area contributed by atoms with E-state index in [1.54, 1.807) is 14.2 Å². The molecule has 1 aliphatic rings. The van der Waals surface area contributed by atoms with Crippen LogP contribution in [-0.2, 0) is 6.42 Å². The molecule has 3 nitrogen and oxygen atoms in total. The van der Waals surface area contributed by atoms with Crippen molar-refractivity contribution in [2.75, 3.05) is 14.2 Å². The third-order valence-corrected chi connectivity index (χ3v) is 4.33. The molecule has 3 rings (SSSR count). The van der Waals surface area contributed by atoms with Gasteiger partial charge < -0.3 is 9.47 Å².